The van der Waals surface area contributed by atoms with Crippen molar-refractivity contribution >= 4 is 29.9 Å². The number of nitrogens with zero attached hydrogens (tertiary/aromatic N) is 4. The molecule has 0 amide bonds. The summed E-state index contributed by atoms with van der Waals surface area (Å²) in [7, 11) is 1.70. The third-order valence-corrected chi connectivity index (χ3v) is 3.77. The average molecular weight is 491 g/mol. The smallest absolute Gasteiger partial charge is 0.372 e. The molecule has 150 valence electrons. The summed E-state index contributed by atoms with van der Waals surface area (Å²) in [6.45, 7) is 3.54. The van der Waals surface area contributed by atoms with Crippen molar-refractivity contribution in [3.8, 4) is 0 Å². The molecule has 1 aromatic heterocycles. The summed E-state index contributed by atoms with van der Waals surface area (Å²) >= 11 is 0. The summed E-state index contributed by atoms with van der Waals surface area (Å²) in [5.41, 5.74) is 0.912. The second-order valence-electron chi connectivity index (χ2n) is 5.75. The maximum atomic E-state index is 12.0. The molecule has 0 atom stereocenters. The fraction of sp³-hybridized carbons (Fsp3) is 0.733. The van der Waals surface area contributed by atoms with Crippen molar-refractivity contribution in [1.29, 1.82) is 0 Å². The van der Waals surface area contributed by atoms with E-state index in [1.54, 1.807) is 13.3 Å². The first-order valence-corrected chi connectivity index (χ1v) is 8.19. The molecule has 0 bridgehead atoms. The highest BCUT2D eigenvalue weighted by molar-refractivity contribution is 14.0. The van der Waals surface area contributed by atoms with Crippen molar-refractivity contribution in [2.75, 3.05) is 53.0 Å². The third-order valence-electron chi connectivity index (χ3n) is 3.77. The van der Waals surface area contributed by atoms with Gasteiger partial charge in [0.25, 0.3) is 0 Å². The average Bonchev–Trinajstić information content (AvgIpc) is 3.07. The monoisotopic (exact) mass is 491 g/mol. The lowest BCUT2D eigenvalue weighted by molar-refractivity contribution is -0.173. The van der Waals surface area contributed by atoms with E-state index in [9.17, 15) is 13.2 Å². The van der Waals surface area contributed by atoms with Crippen LogP contribution in [0.1, 0.15) is 12.1 Å². The lowest BCUT2D eigenvalue weighted by atomic mass is 10.3. The van der Waals surface area contributed by atoms with Crippen LogP contribution in [0.2, 0.25) is 0 Å². The Labute approximate surface area is 167 Å². The Bertz CT molecular complexity index is 520. The zero-order valence-corrected chi connectivity index (χ0v) is 17.0. The van der Waals surface area contributed by atoms with Crippen molar-refractivity contribution in [3.05, 3.63) is 18.0 Å². The molecule has 1 aliphatic rings. The summed E-state index contributed by atoms with van der Waals surface area (Å²) in [4.78, 5) is 8.65. The highest BCUT2D eigenvalue weighted by atomic mass is 127. The highest BCUT2D eigenvalue weighted by Gasteiger charge is 2.27. The van der Waals surface area contributed by atoms with Gasteiger partial charge in [-0.15, -0.1) is 24.0 Å². The molecule has 7 nitrogen and oxygen atoms in total. The first-order valence-electron chi connectivity index (χ1n) is 8.19. The molecule has 2 heterocycles. The topological polar surface area (TPSA) is 66.1 Å². The van der Waals surface area contributed by atoms with Gasteiger partial charge < -0.3 is 19.5 Å². The van der Waals surface area contributed by atoms with Crippen molar-refractivity contribution < 1.29 is 22.4 Å². The molecule has 0 radical (unpaired) electrons. The number of aromatic nitrogens is 1. The van der Waals surface area contributed by atoms with E-state index in [2.05, 4.69) is 30.0 Å². The van der Waals surface area contributed by atoms with Crippen LogP contribution >= 0.6 is 24.0 Å². The largest absolute Gasteiger partial charge is 0.411 e. The van der Waals surface area contributed by atoms with Crippen molar-refractivity contribution in [2.24, 2.45) is 4.99 Å². The van der Waals surface area contributed by atoms with Crippen molar-refractivity contribution in [2.45, 2.75) is 19.1 Å². The molecule has 26 heavy (non-hydrogen) atoms. The van der Waals surface area contributed by atoms with Crippen LogP contribution in [0.3, 0.4) is 0 Å². The van der Waals surface area contributed by atoms with Crippen molar-refractivity contribution in [1.82, 2.24) is 20.3 Å². The van der Waals surface area contributed by atoms with Gasteiger partial charge in [0, 0.05) is 59.0 Å². The molecule has 1 aromatic rings. The molecule has 0 aromatic carbocycles. The number of hydrogen-bond acceptors (Lipinski definition) is 5. The van der Waals surface area contributed by atoms with E-state index in [1.807, 2.05) is 6.07 Å². The Balaban J connectivity index is 0.00000338. The Morgan fingerprint density at radius 3 is 2.65 bits per heavy atom. The van der Waals surface area contributed by atoms with Gasteiger partial charge in [-0.25, -0.2) is 0 Å². The Morgan fingerprint density at radius 1 is 1.35 bits per heavy atom. The van der Waals surface area contributed by atoms with Gasteiger partial charge in [-0.1, -0.05) is 5.16 Å². The lowest BCUT2D eigenvalue weighted by Crippen LogP contribution is -2.52. The zero-order valence-electron chi connectivity index (χ0n) is 14.7. The lowest BCUT2D eigenvalue weighted by Gasteiger charge is -2.36. The van der Waals surface area contributed by atoms with Crippen LogP contribution in [0.4, 0.5) is 13.2 Å². The maximum Gasteiger partial charge on any atom is 0.411 e. The number of piperazine rings is 1. The van der Waals surface area contributed by atoms with Crippen LogP contribution in [0.15, 0.2) is 21.8 Å². The second kappa shape index (κ2) is 11.6. The van der Waals surface area contributed by atoms with E-state index in [1.165, 1.54) is 0 Å². The predicted molar refractivity (Wildman–Crippen MR) is 102 cm³/mol. The number of guanidine groups is 1. The zero-order chi connectivity index (χ0) is 18.1. The van der Waals surface area contributed by atoms with Crippen LogP contribution < -0.4 is 5.32 Å². The minimum absolute atomic E-state index is 0. The number of hydrogen-bond donors (Lipinski definition) is 1. The Hall–Kier alpha value is -1.08. The Kier molecular flexibility index (Phi) is 10.2. The van der Waals surface area contributed by atoms with Crippen LogP contribution in [0.5, 0.6) is 0 Å². The summed E-state index contributed by atoms with van der Waals surface area (Å²) < 4.78 is 45.3. The number of rotatable bonds is 7. The summed E-state index contributed by atoms with van der Waals surface area (Å²) in [5.74, 6) is 0.761. The molecular weight excluding hydrogens is 466 g/mol. The van der Waals surface area contributed by atoms with E-state index in [4.69, 9.17) is 4.52 Å². The molecule has 0 unspecified atom stereocenters. The molecule has 11 heteroatoms. The van der Waals surface area contributed by atoms with Gasteiger partial charge >= 0.3 is 6.18 Å². The van der Waals surface area contributed by atoms with Crippen LogP contribution in [-0.2, 0) is 11.3 Å². The molecule has 0 spiro atoms. The van der Waals surface area contributed by atoms with Gasteiger partial charge in [-0.05, 0) is 6.42 Å². The van der Waals surface area contributed by atoms with Crippen LogP contribution in [0, 0.1) is 0 Å². The third kappa shape index (κ3) is 8.54. The predicted octanol–water partition coefficient (Wildman–Crippen LogP) is 1.95. The molecule has 1 fully saturated rings. The molecule has 1 N–H and O–H groups in total. The fourth-order valence-corrected chi connectivity index (χ4v) is 2.56. The van der Waals surface area contributed by atoms with Gasteiger partial charge in [0.15, 0.2) is 5.96 Å². The van der Waals surface area contributed by atoms with Crippen LogP contribution in [0.25, 0.3) is 0 Å². The number of alkyl halides is 3. The number of nitrogens with one attached hydrogen (secondary N) is 1. The molecule has 1 aliphatic heterocycles. The molecule has 0 aliphatic carbocycles. The number of aliphatic imine (C=N–C) groups is 1. The molecule has 2 rings (SSSR count). The fourth-order valence-electron chi connectivity index (χ4n) is 2.56. The Morgan fingerprint density at radius 2 is 2.08 bits per heavy atom. The van der Waals surface area contributed by atoms with E-state index in [-0.39, 0.29) is 30.6 Å². The van der Waals surface area contributed by atoms with Crippen molar-refractivity contribution in [3.63, 3.8) is 0 Å². The van der Waals surface area contributed by atoms with E-state index in [0.29, 0.717) is 13.0 Å². The van der Waals surface area contributed by atoms with Crippen LogP contribution in [-0.4, -0.2) is 80.1 Å². The summed E-state index contributed by atoms with van der Waals surface area (Å²) in [5, 5.41) is 7.08. The van der Waals surface area contributed by atoms with E-state index >= 15 is 0 Å². The molecular formula is C15H25F3IN5O2. The van der Waals surface area contributed by atoms with Gasteiger partial charge in [-0.2, -0.15) is 13.2 Å². The first-order chi connectivity index (χ1) is 12.0. The van der Waals surface area contributed by atoms with E-state index in [0.717, 1.165) is 44.4 Å². The summed E-state index contributed by atoms with van der Waals surface area (Å²) in [6.07, 6.45) is -2.22. The molecule has 1 saturated heterocycles. The summed E-state index contributed by atoms with van der Waals surface area (Å²) in [6, 6.07) is 1.85. The van der Waals surface area contributed by atoms with E-state index < -0.39 is 12.8 Å². The standard InChI is InChI=1S/C15H24F3N5O2.HI/c1-19-14(20-4-2-9-24-12-15(16,17)18)23-7-5-22(6-8-23)11-13-3-10-25-21-13;/h3,10H,2,4-9,11-12H2,1H3,(H,19,20);1H. The van der Waals surface area contributed by atoms with Gasteiger partial charge in [0.05, 0.1) is 5.69 Å². The van der Waals surface area contributed by atoms with Gasteiger partial charge in [0.2, 0.25) is 0 Å². The van der Waals surface area contributed by atoms with Gasteiger partial charge in [-0.3, -0.25) is 9.89 Å². The second-order valence-corrected chi connectivity index (χ2v) is 5.75. The number of halogens is 4. The highest BCUT2D eigenvalue weighted by Crippen LogP contribution is 2.14. The maximum absolute atomic E-state index is 12.0. The normalized spacial score (nSPS) is 16.5. The quantitative estimate of drug-likeness (QED) is 0.273. The van der Waals surface area contributed by atoms with Gasteiger partial charge in [0.1, 0.15) is 12.9 Å². The SMILES string of the molecule is CN=C(NCCCOCC(F)(F)F)N1CCN(Cc2ccon2)CC1.I. The molecule has 0 saturated carbocycles. The minimum atomic E-state index is -4.27. The number of ether oxygens (including phenoxy) is 1. The minimum Gasteiger partial charge on any atom is -0.372 e. The first kappa shape index (κ1) is 23.0.